The minimum atomic E-state index is -1.29. The number of rotatable bonds is 11. The zero-order valence-corrected chi connectivity index (χ0v) is 27.0. The molecule has 4 nitrogen and oxygen atoms in total. The largest absolute Gasteiger partial charge is 0.511 e. The van der Waals surface area contributed by atoms with Gasteiger partial charge in [0.15, 0.2) is 11.6 Å². The smallest absolute Gasteiger partial charge is 0.176 e. The highest BCUT2D eigenvalue weighted by atomic mass is 16.3. The lowest BCUT2D eigenvalue weighted by Crippen LogP contribution is -2.51. The predicted octanol–water partition coefficient (Wildman–Crippen LogP) is 9.24. The fraction of sp³-hybridized carbons (Fsp3) is 0.639. The van der Waals surface area contributed by atoms with Gasteiger partial charge in [-0.25, -0.2) is 0 Å². The maximum absolute atomic E-state index is 14.7. The number of hydrogen-bond donors (Lipinski definition) is 1. The number of allylic oxidation sites excluding steroid dienone is 10. The third kappa shape index (κ3) is 7.04. The van der Waals surface area contributed by atoms with Crippen LogP contribution >= 0.6 is 0 Å². The van der Waals surface area contributed by atoms with E-state index in [1.165, 1.54) is 11.1 Å². The Bertz CT molecular complexity index is 1140. The molecule has 1 fully saturated rings. The first-order chi connectivity index (χ1) is 18.5. The van der Waals surface area contributed by atoms with Gasteiger partial charge >= 0.3 is 0 Å². The van der Waals surface area contributed by atoms with E-state index in [0.717, 1.165) is 17.6 Å². The molecule has 0 radical (unpaired) electrons. The SMILES string of the molecule is CC(C)=CCC[C@@]1(C)C(C(=O)C(C)C)C2C(=O)[C@](CC=C(C)C)(C[C@@H]1CC=C(C)C)C(=O)C(CC=C(C)C)=C2O. The summed E-state index contributed by atoms with van der Waals surface area (Å²) in [5.74, 6) is -2.79. The van der Waals surface area contributed by atoms with Gasteiger partial charge in [-0.3, -0.25) is 14.4 Å². The van der Waals surface area contributed by atoms with Crippen LogP contribution in [-0.4, -0.2) is 22.5 Å². The van der Waals surface area contributed by atoms with Crippen LogP contribution < -0.4 is 0 Å². The van der Waals surface area contributed by atoms with Gasteiger partial charge in [-0.15, -0.1) is 0 Å². The molecule has 0 saturated heterocycles. The maximum Gasteiger partial charge on any atom is 0.176 e. The van der Waals surface area contributed by atoms with Gasteiger partial charge in [-0.05, 0) is 105 Å². The first kappa shape index (κ1) is 33.7. The second kappa shape index (κ2) is 13.4. The Morgan fingerprint density at radius 3 is 1.95 bits per heavy atom. The minimum Gasteiger partial charge on any atom is -0.511 e. The quantitative estimate of drug-likeness (QED) is 0.206. The van der Waals surface area contributed by atoms with E-state index in [0.29, 0.717) is 31.3 Å². The molecule has 40 heavy (non-hydrogen) atoms. The van der Waals surface area contributed by atoms with Crippen LogP contribution in [0.1, 0.15) is 115 Å². The summed E-state index contributed by atoms with van der Waals surface area (Å²) in [5, 5.41) is 11.8. The average Bonchev–Trinajstić information content (AvgIpc) is 2.90. The van der Waals surface area contributed by atoms with Gasteiger partial charge in [-0.2, -0.15) is 0 Å². The molecule has 0 heterocycles. The van der Waals surface area contributed by atoms with Crippen LogP contribution in [0, 0.1) is 34.5 Å². The summed E-state index contributed by atoms with van der Waals surface area (Å²) in [5.41, 5.74) is 2.89. The molecule has 0 amide bonds. The first-order valence-electron chi connectivity index (χ1n) is 15.1. The highest BCUT2D eigenvalue weighted by Crippen LogP contribution is 2.60. The summed E-state index contributed by atoms with van der Waals surface area (Å²) in [6.07, 6.45) is 11.4. The summed E-state index contributed by atoms with van der Waals surface area (Å²) in [7, 11) is 0. The van der Waals surface area contributed by atoms with Crippen LogP contribution in [0.15, 0.2) is 57.9 Å². The van der Waals surface area contributed by atoms with Gasteiger partial charge < -0.3 is 5.11 Å². The summed E-state index contributed by atoms with van der Waals surface area (Å²) >= 11 is 0. The molecule has 0 aromatic heterocycles. The van der Waals surface area contributed by atoms with E-state index < -0.39 is 22.7 Å². The van der Waals surface area contributed by atoms with Crippen molar-refractivity contribution in [3.8, 4) is 0 Å². The van der Waals surface area contributed by atoms with Gasteiger partial charge in [0.05, 0.1) is 11.3 Å². The van der Waals surface area contributed by atoms with E-state index in [2.05, 4.69) is 46.8 Å². The van der Waals surface area contributed by atoms with Crippen LogP contribution in [0.5, 0.6) is 0 Å². The Morgan fingerprint density at radius 1 is 0.900 bits per heavy atom. The average molecular weight is 551 g/mol. The van der Waals surface area contributed by atoms with Crippen LogP contribution in [-0.2, 0) is 14.4 Å². The van der Waals surface area contributed by atoms with Crippen LogP contribution in [0.25, 0.3) is 0 Å². The number of Topliss-reactive ketones (excluding diaryl/α,β-unsaturated/α-hetero) is 3. The van der Waals surface area contributed by atoms with Crippen molar-refractivity contribution in [3.63, 3.8) is 0 Å². The van der Waals surface area contributed by atoms with Gasteiger partial charge in [0.1, 0.15) is 11.5 Å². The fourth-order valence-electron chi connectivity index (χ4n) is 6.69. The van der Waals surface area contributed by atoms with Crippen LogP contribution in [0.4, 0.5) is 0 Å². The standard InChI is InChI=1S/C36H54O4/c1-22(2)13-12-19-35(11)27(16-14-23(3)4)21-36(20-18-25(7)8)33(39)28(17-15-24(5)6)32(38)29(34(36)40)30(35)31(37)26(9)10/h13-15,18,26-27,29-30,38H,12,16-17,19-21H2,1-11H3/t27-,29?,30?,35+,36+/m0/s1. The van der Waals surface area contributed by atoms with Crippen molar-refractivity contribution in [2.45, 2.75) is 115 Å². The molecule has 2 bridgehead atoms. The van der Waals surface area contributed by atoms with Crippen molar-refractivity contribution >= 4 is 17.3 Å². The van der Waals surface area contributed by atoms with E-state index in [1.807, 2.05) is 53.7 Å². The van der Waals surface area contributed by atoms with Crippen molar-refractivity contribution in [3.05, 3.63) is 57.9 Å². The lowest BCUT2D eigenvalue weighted by atomic mass is 9.58. The molecule has 0 aromatic rings. The number of carbonyl (C=O) groups excluding carboxylic acids is 3. The monoisotopic (exact) mass is 550 g/mol. The summed E-state index contributed by atoms with van der Waals surface area (Å²) in [6.45, 7) is 22.1. The van der Waals surface area contributed by atoms with Crippen molar-refractivity contribution in [1.29, 1.82) is 0 Å². The van der Waals surface area contributed by atoms with Crippen molar-refractivity contribution in [2.75, 3.05) is 0 Å². The number of ketones is 3. The molecule has 2 aliphatic rings. The zero-order valence-electron chi connectivity index (χ0n) is 27.0. The maximum atomic E-state index is 14.7. The molecular formula is C36H54O4. The van der Waals surface area contributed by atoms with Crippen LogP contribution in [0.2, 0.25) is 0 Å². The third-order valence-corrected chi connectivity index (χ3v) is 9.13. The van der Waals surface area contributed by atoms with Gasteiger partial charge in [0.2, 0.25) is 0 Å². The lowest BCUT2D eigenvalue weighted by Gasteiger charge is -2.44. The molecule has 1 saturated carbocycles. The van der Waals surface area contributed by atoms with E-state index >= 15 is 0 Å². The molecule has 2 aliphatic carbocycles. The summed E-state index contributed by atoms with van der Waals surface area (Å²) in [6, 6.07) is 0. The van der Waals surface area contributed by atoms with E-state index in [-0.39, 0.29) is 41.4 Å². The second-order valence-electron chi connectivity index (χ2n) is 13.9. The van der Waals surface area contributed by atoms with Crippen molar-refractivity contribution in [2.24, 2.45) is 34.5 Å². The number of aliphatic hydroxyl groups is 1. The number of hydrogen-bond acceptors (Lipinski definition) is 4. The topological polar surface area (TPSA) is 71.4 Å². The van der Waals surface area contributed by atoms with Crippen molar-refractivity contribution < 1.29 is 19.5 Å². The van der Waals surface area contributed by atoms with Crippen molar-refractivity contribution in [1.82, 2.24) is 0 Å². The minimum absolute atomic E-state index is 0.000673. The van der Waals surface area contributed by atoms with Crippen LogP contribution in [0.3, 0.4) is 0 Å². The molecule has 2 rings (SSSR count). The zero-order chi connectivity index (χ0) is 30.6. The number of aliphatic hydroxyl groups excluding tert-OH is 1. The Balaban J connectivity index is 3.02. The summed E-state index contributed by atoms with van der Waals surface area (Å²) in [4.78, 5) is 43.4. The Hall–Kier alpha value is -2.49. The highest BCUT2D eigenvalue weighted by Gasteiger charge is 2.64. The Kier molecular flexibility index (Phi) is 11.3. The Labute approximate surface area is 243 Å². The van der Waals surface area contributed by atoms with E-state index in [1.54, 1.807) is 0 Å². The van der Waals surface area contributed by atoms with E-state index in [9.17, 15) is 19.5 Å². The molecule has 4 heteroatoms. The Morgan fingerprint density at radius 2 is 1.45 bits per heavy atom. The molecule has 1 N–H and O–H groups in total. The molecule has 0 aromatic carbocycles. The molecule has 0 aliphatic heterocycles. The molecular weight excluding hydrogens is 496 g/mol. The lowest BCUT2D eigenvalue weighted by molar-refractivity contribution is -0.147. The fourth-order valence-corrected chi connectivity index (χ4v) is 6.69. The molecule has 222 valence electrons. The van der Waals surface area contributed by atoms with Gasteiger partial charge in [0.25, 0.3) is 0 Å². The van der Waals surface area contributed by atoms with Gasteiger partial charge in [-0.1, -0.05) is 67.4 Å². The number of carbonyl (C=O) groups is 3. The first-order valence-corrected chi connectivity index (χ1v) is 15.1. The normalized spacial score (nSPS) is 28.1. The molecule has 0 spiro atoms. The molecule has 5 atom stereocenters. The second-order valence-corrected chi connectivity index (χ2v) is 13.9. The number of fused-ring (bicyclic) bond motifs is 2. The third-order valence-electron chi connectivity index (χ3n) is 9.13. The summed E-state index contributed by atoms with van der Waals surface area (Å²) < 4.78 is 0. The van der Waals surface area contributed by atoms with E-state index in [4.69, 9.17) is 0 Å². The molecule has 2 unspecified atom stereocenters. The highest BCUT2D eigenvalue weighted by molar-refractivity contribution is 6.19. The van der Waals surface area contributed by atoms with Gasteiger partial charge in [0, 0.05) is 17.4 Å². The predicted molar refractivity (Wildman–Crippen MR) is 166 cm³/mol.